The summed E-state index contributed by atoms with van der Waals surface area (Å²) >= 11 is 1.74. The molecule has 0 fully saturated rings. The van der Waals surface area contributed by atoms with Crippen molar-refractivity contribution in [2.24, 2.45) is 0 Å². The Kier molecular flexibility index (Phi) is 4.29. The molecule has 0 bridgehead atoms. The second-order valence-corrected chi connectivity index (χ2v) is 8.79. The van der Waals surface area contributed by atoms with Crippen LogP contribution in [-0.2, 0) is 16.3 Å². The minimum atomic E-state index is -3.32. The van der Waals surface area contributed by atoms with E-state index in [4.69, 9.17) is 0 Å². The van der Waals surface area contributed by atoms with Crippen molar-refractivity contribution >= 4 is 27.1 Å². The number of benzene rings is 1. The van der Waals surface area contributed by atoms with Crippen molar-refractivity contribution in [1.82, 2.24) is 4.90 Å². The Morgan fingerprint density at radius 3 is 2.83 bits per heavy atom. The van der Waals surface area contributed by atoms with Crippen LogP contribution in [0.15, 0.2) is 40.6 Å². The highest BCUT2D eigenvalue weighted by atomic mass is 32.2. The summed E-state index contributed by atoms with van der Waals surface area (Å²) in [5.74, 6) is -0.0980. The molecule has 0 saturated heterocycles. The van der Waals surface area contributed by atoms with Gasteiger partial charge in [0.05, 0.1) is 10.9 Å². The number of hydrogen-bond donors (Lipinski definition) is 0. The Hall–Kier alpha value is -1.66. The van der Waals surface area contributed by atoms with Gasteiger partial charge in [0.1, 0.15) is 0 Å². The second-order valence-electron chi connectivity index (χ2n) is 5.77. The van der Waals surface area contributed by atoms with Crippen LogP contribution in [0.5, 0.6) is 0 Å². The van der Waals surface area contributed by atoms with Crippen molar-refractivity contribution in [2.45, 2.75) is 30.7 Å². The average molecular weight is 349 g/mol. The van der Waals surface area contributed by atoms with E-state index in [1.54, 1.807) is 23.5 Å². The van der Waals surface area contributed by atoms with Crippen molar-refractivity contribution in [2.75, 3.05) is 12.8 Å². The minimum Gasteiger partial charge on any atom is -0.331 e. The maximum Gasteiger partial charge on any atom is 0.254 e. The first-order chi connectivity index (χ1) is 10.9. The largest absolute Gasteiger partial charge is 0.331 e. The second kappa shape index (κ2) is 6.09. The van der Waals surface area contributed by atoms with Crippen molar-refractivity contribution < 1.29 is 13.2 Å². The lowest BCUT2D eigenvalue weighted by Crippen LogP contribution is -2.39. The van der Waals surface area contributed by atoms with Crippen LogP contribution in [0.4, 0.5) is 0 Å². The van der Waals surface area contributed by atoms with E-state index in [9.17, 15) is 13.2 Å². The van der Waals surface area contributed by atoms with Crippen molar-refractivity contribution in [3.05, 3.63) is 51.7 Å². The maximum absolute atomic E-state index is 12.9. The van der Waals surface area contributed by atoms with Crippen LogP contribution in [0.1, 0.15) is 40.2 Å². The van der Waals surface area contributed by atoms with Gasteiger partial charge in [-0.2, -0.15) is 0 Å². The molecule has 3 rings (SSSR count). The van der Waals surface area contributed by atoms with E-state index in [0.717, 1.165) is 19.1 Å². The number of fused-ring (bicyclic) bond motifs is 1. The lowest BCUT2D eigenvalue weighted by atomic mass is 9.97. The molecule has 1 aromatic heterocycles. The zero-order valence-electron chi connectivity index (χ0n) is 13.2. The summed E-state index contributed by atoms with van der Waals surface area (Å²) in [5.41, 5.74) is 1.67. The van der Waals surface area contributed by atoms with Gasteiger partial charge < -0.3 is 4.90 Å². The maximum atomic E-state index is 12.9. The third-order valence-electron chi connectivity index (χ3n) is 4.25. The van der Waals surface area contributed by atoms with E-state index < -0.39 is 9.84 Å². The number of thiophene rings is 1. The van der Waals surface area contributed by atoms with E-state index in [0.29, 0.717) is 12.1 Å². The SMILES string of the molecule is CC[C@H]1c2ccsc2CCN1C(=O)c1cccc(S(C)(=O)=O)c1. The molecule has 2 heterocycles. The Morgan fingerprint density at radius 2 is 2.13 bits per heavy atom. The number of carbonyl (C=O) groups excluding carboxylic acids is 1. The zero-order chi connectivity index (χ0) is 16.6. The molecule has 23 heavy (non-hydrogen) atoms. The highest BCUT2D eigenvalue weighted by Gasteiger charge is 2.31. The quantitative estimate of drug-likeness (QED) is 0.854. The Labute approximate surface area is 140 Å². The van der Waals surface area contributed by atoms with Gasteiger partial charge in [-0.25, -0.2) is 8.42 Å². The molecular formula is C17H19NO3S2. The van der Waals surface area contributed by atoms with E-state index in [-0.39, 0.29) is 16.8 Å². The molecule has 2 aromatic rings. The molecule has 1 amide bonds. The number of hydrogen-bond acceptors (Lipinski definition) is 4. The molecular weight excluding hydrogens is 330 g/mol. The van der Waals surface area contributed by atoms with E-state index in [2.05, 4.69) is 18.4 Å². The topological polar surface area (TPSA) is 54.5 Å². The lowest BCUT2D eigenvalue weighted by molar-refractivity contribution is 0.0657. The first kappa shape index (κ1) is 16.2. The number of rotatable bonds is 3. The van der Waals surface area contributed by atoms with Crippen LogP contribution in [-0.4, -0.2) is 32.0 Å². The summed E-state index contributed by atoms with van der Waals surface area (Å²) in [6.45, 7) is 2.75. The van der Waals surface area contributed by atoms with Gasteiger partial charge in [0.15, 0.2) is 9.84 Å². The molecule has 1 atom stereocenters. The van der Waals surface area contributed by atoms with Crippen LogP contribution in [0.3, 0.4) is 0 Å². The molecule has 1 aliphatic rings. The molecule has 122 valence electrons. The molecule has 0 unspecified atom stereocenters. The van der Waals surface area contributed by atoms with Crippen LogP contribution in [0, 0.1) is 0 Å². The summed E-state index contributed by atoms with van der Waals surface area (Å²) in [7, 11) is -3.32. The number of nitrogens with zero attached hydrogens (tertiary/aromatic N) is 1. The van der Waals surface area contributed by atoms with Crippen LogP contribution < -0.4 is 0 Å². The molecule has 1 aromatic carbocycles. The Bertz CT molecular complexity index is 839. The molecule has 0 spiro atoms. The van der Waals surface area contributed by atoms with Gasteiger partial charge in [0.2, 0.25) is 0 Å². The standard InChI is InChI=1S/C17H19NO3S2/c1-3-15-14-8-10-22-16(14)7-9-18(15)17(19)12-5-4-6-13(11-12)23(2,20)21/h4-6,8,10-11,15H,3,7,9H2,1-2H3/t15-/m0/s1. The first-order valence-corrected chi connectivity index (χ1v) is 10.4. The normalized spacial score (nSPS) is 17.8. The van der Waals surface area contributed by atoms with Gasteiger partial charge in [-0.15, -0.1) is 11.3 Å². The molecule has 1 aliphatic heterocycles. The van der Waals surface area contributed by atoms with Gasteiger partial charge in [0, 0.05) is 23.2 Å². The fourth-order valence-corrected chi connectivity index (χ4v) is 4.70. The smallest absolute Gasteiger partial charge is 0.254 e. The number of carbonyl (C=O) groups is 1. The average Bonchev–Trinajstić information content (AvgIpc) is 3.01. The van der Waals surface area contributed by atoms with Gasteiger partial charge in [-0.3, -0.25) is 4.79 Å². The molecule has 0 N–H and O–H groups in total. The fourth-order valence-electron chi connectivity index (χ4n) is 3.11. The van der Waals surface area contributed by atoms with Crippen LogP contribution in [0.25, 0.3) is 0 Å². The van der Waals surface area contributed by atoms with Gasteiger partial charge in [-0.05, 0) is 48.1 Å². The van der Waals surface area contributed by atoms with Crippen molar-refractivity contribution in [3.8, 4) is 0 Å². The Balaban J connectivity index is 1.95. The van der Waals surface area contributed by atoms with E-state index in [1.165, 1.54) is 22.6 Å². The van der Waals surface area contributed by atoms with Crippen LogP contribution >= 0.6 is 11.3 Å². The molecule has 0 aliphatic carbocycles. The van der Waals surface area contributed by atoms with Crippen LogP contribution in [0.2, 0.25) is 0 Å². The minimum absolute atomic E-state index is 0.0689. The predicted molar refractivity (Wildman–Crippen MR) is 91.6 cm³/mol. The predicted octanol–water partition coefficient (Wildman–Crippen LogP) is 3.30. The zero-order valence-corrected chi connectivity index (χ0v) is 14.8. The summed E-state index contributed by atoms with van der Waals surface area (Å²) in [4.78, 5) is 16.3. The van der Waals surface area contributed by atoms with E-state index >= 15 is 0 Å². The Morgan fingerprint density at radius 1 is 1.35 bits per heavy atom. The monoisotopic (exact) mass is 349 g/mol. The van der Waals surface area contributed by atoms with Gasteiger partial charge >= 0.3 is 0 Å². The van der Waals surface area contributed by atoms with Gasteiger partial charge in [-0.1, -0.05) is 13.0 Å². The summed E-state index contributed by atoms with van der Waals surface area (Å²) in [5, 5.41) is 2.07. The first-order valence-electron chi connectivity index (χ1n) is 7.59. The summed E-state index contributed by atoms with van der Waals surface area (Å²) in [6.07, 6.45) is 2.87. The molecule has 0 radical (unpaired) electrons. The third kappa shape index (κ3) is 3.05. The van der Waals surface area contributed by atoms with Gasteiger partial charge in [0.25, 0.3) is 5.91 Å². The highest BCUT2D eigenvalue weighted by molar-refractivity contribution is 7.90. The van der Waals surface area contributed by atoms with Crippen molar-refractivity contribution in [1.29, 1.82) is 0 Å². The number of amides is 1. The lowest BCUT2D eigenvalue weighted by Gasteiger charge is -2.35. The third-order valence-corrected chi connectivity index (χ3v) is 6.36. The fraction of sp³-hybridized carbons (Fsp3) is 0.353. The molecule has 0 saturated carbocycles. The van der Waals surface area contributed by atoms with Crippen molar-refractivity contribution in [3.63, 3.8) is 0 Å². The molecule has 6 heteroatoms. The molecule has 4 nitrogen and oxygen atoms in total. The summed E-state index contributed by atoms with van der Waals surface area (Å²) in [6, 6.07) is 8.49. The highest BCUT2D eigenvalue weighted by Crippen LogP contribution is 2.36. The summed E-state index contributed by atoms with van der Waals surface area (Å²) < 4.78 is 23.4. The number of sulfone groups is 1. The van der Waals surface area contributed by atoms with E-state index in [1.807, 2.05) is 4.90 Å².